The molecular formula is C10H16N2O2S. The maximum absolute atomic E-state index is 11.2. The molecule has 1 atom stereocenters. The van der Waals surface area contributed by atoms with E-state index in [1.54, 1.807) is 11.3 Å². The number of aromatic nitrogens is 1. The first-order valence-electron chi connectivity index (χ1n) is 4.90. The summed E-state index contributed by atoms with van der Waals surface area (Å²) in [4.78, 5) is 16.7. The molecule has 1 N–H and O–H groups in total. The van der Waals surface area contributed by atoms with Gasteiger partial charge in [0, 0.05) is 18.2 Å². The zero-order valence-corrected chi connectivity index (χ0v) is 10.1. The number of carbonyl (C=O) groups is 1. The van der Waals surface area contributed by atoms with Crippen LogP contribution in [-0.2, 0) is 16.0 Å². The summed E-state index contributed by atoms with van der Waals surface area (Å²) >= 11 is 1.63. The van der Waals surface area contributed by atoms with Gasteiger partial charge in [-0.3, -0.25) is 4.79 Å². The molecule has 15 heavy (non-hydrogen) atoms. The van der Waals surface area contributed by atoms with Crippen molar-refractivity contribution < 1.29 is 9.53 Å². The lowest BCUT2D eigenvalue weighted by molar-refractivity contribution is -0.125. The van der Waals surface area contributed by atoms with Crippen LogP contribution in [0.4, 0.5) is 0 Å². The summed E-state index contributed by atoms with van der Waals surface area (Å²) in [6.45, 7) is 4.10. The zero-order valence-electron chi connectivity index (χ0n) is 9.24. The molecule has 1 rings (SSSR count). The van der Waals surface area contributed by atoms with Crippen LogP contribution >= 0.6 is 11.3 Å². The quantitative estimate of drug-likeness (QED) is 0.831. The normalized spacial score (nSPS) is 12.5. The highest BCUT2D eigenvalue weighted by molar-refractivity contribution is 7.11. The second-order valence-corrected chi connectivity index (χ2v) is 4.39. The smallest absolute Gasteiger partial charge is 0.246 e. The molecule has 0 aromatic carbocycles. The van der Waals surface area contributed by atoms with Gasteiger partial charge in [0.1, 0.15) is 11.6 Å². The number of carbonyl (C=O) groups excluding carboxylic acids is 1. The maximum Gasteiger partial charge on any atom is 0.246 e. The van der Waals surface area contributed by atoms with Gasteiger partial charge in [-0.1, -0.05) is 6.92 Å². The predicted octanol–water partition coefficient (Wildman–Crippen LogP) is 1.53. The molecule has 1 aromatic rings. The van der Waals surface area contributed by atoms with E-state index >= 15 is 0 Å². The minimum atomic E-state index is -0.113. The third-order valence-electron chi connectivity index (χ3n) is 1.94. The molecule has 0 radical (unpaired) electrons. The van der Waals surface area contributed by atoms with Crippen molar-refractivity contribution in [3.63, 3.8) is 0 Å². The van der Waals surface area contributed by atoms with Crippen molar-refractivity contribution >= 4 is 17.2 Å². The Kier molecular flexibility index (Phi) is 4.71. The van der Waals surface area contributed by atoms with Gasteiger partial charge in [-0.25, -0.2) is 4.98 Å². The predicted molar refractivity (Wildman–Crippen MR) is 59.9 cm³/mol. The fraction of sp³-hybridized carbons (Fsp3) is 0.600. The van der Waals surface area contributed by atoms with Gasteiger partial charge in [0.05, 0.1) is 6.04 Å². The van der Waals surface area contributed by atoms with E-state index in [1.165, 1.54) is 12.0 Å². The van der Waals surface area contributed by atoms with Crippen LogP contribution in [0.25, 0.3) is 0 Å². The van der Waals surface area contributed by atoms with Gasteiger partial charge in [0.15, 0.2) is 0 Å². The topological polar surface area (TPSA) is 51.2 Å². The van der Waals surface area contributed by atoms with Gasteiger partial charge in [0.25, 0.3) is 0 Å². The van der Waals surface area contributed by atoms with Crippen molar-refractivity contribution in [2.24, 2.45) is 0 Å². The largest absolute Gasteiger partial charge is 0.375 e. The summed E-state index contributed by atoms with van der Waals surface area (Å²) in [5.41, 5.74) is 0. The Bertz CT molecular complexity index is 325. The van der Waals surface area contributed by atoms with Crippen LogP contribution in [0.3, 0.4) is 0 Å². The molecular weight excluding hydrogens is 212 g/mol. The van der Waals surface area contributed by atoms with Crippen molar-refractivity contribution in [2.75, 3.05) is 13.7 Å². The monoisotopic (exact) mass is 228 g/mol. The van der Waals surface area contributed by atoms with Gasteiger partial charge in [-0.15, -0.1) is 11.3 Å². The van der Waals surface area contributed by atoms with Crippen molar-refractivity contribution in [1.29, 1.82) is 0 Å². The number of nitrogens with zero attached hydrogens (tertiary/aromatic N) is 1. The minimum Gasteiger partial charge on any atom is -0.375 e. The Balaban J connectivity index is 2.52. The second kappa shape index (κ2) is 5.82. The van der Waals surface area contributed by atoms with Gasteiger partial charge in [0.2, 0.25) is 5.91 Å². The third-order valence-corrected chi connectivity index (χ3v) is 3.27. The standard InChI is InChI=1S/C10H16N2O2S/c1-4-8-5-11-10(15-8)7(2)12-9(13)6-14-3/h5,7H,4,6H2,1-3H3,(H,12,13). The molecule has 4 nitrogen and oxygen atoms in total. The van der Waals surface area contributed by atoms with Gasteiger partial charge in [-0.05, 0) is 13.3 Å². The molecule has 0 bridgehead atoms. The lowest BCUT2D eigenvalue weighted by atomic mass is 10.3. The SMILES string of the molecule is CCc1cnc(C(C)NC(=O)COC)s1. The first-order valence-corrected chi connectivity index (χ1v) is 5.72. The molecule has 0 spiro atoms. The number of nitrogens with one attached hydrogen (secondary N) is 1. The highest BCUT2D eigenvalue weighted by Crippen LogP contribution is 2.19. The average Bonchev–Trinajstić information content (AvgIpc) is 2.66. The van der Waals surface area contributed by atoms with Crippen molar-refractivity contribution in [2.45, 2.75) is 26.3 Å². The van der Waals surface area contributed by atoms with Crippen LogP contribution in [0.1, 0.15) is 29.8 Å². The molecule has 1 heterocycles. The summed E-state index contributed by atoms with van der Waals surface area (Å²) in [6, 6.07) is -0.0436. The summed E-state index contributed by atoms with van der Waals surface area (Å²) in [7, 11) is 1.50. The second-order valence-electron chi connectivity index (χ2n) is 3.24. The van der Waals surface area contributed by atoms with Crippen molar-refractivity contribution in [3.8, 4) is 0 Å². The van der Waals surface area contributed by atoms with Crippen LogP contribution in [0.2, 0.25) is 0 Å². The molecule has 1 amide bonds. The number of methoxy groups -OCH3 is 1. The molecule has 0 saturated carbocycles. The molecule has 0 fully saturated rings. The lowest BCUT2D eigenvalue weighted by Crippen LogP contribution is -2.29. The average molecular weight is 228 g/mol. The van der Waals surface area contributed by atoms with E-state index in [0.717, 1.165) is 11.4 Å². The van der Waals surface area contributed by atoms with E-state index in [2.05, 4.69) is 17.2 Å². The van der Waals surface area contributed by atoms with Gasteiger partial charge in [-0.2, -0.15) is 0 Å². The van der Waals surface area contributed by atoms with Crippen LogP contribution in [-0.4, -0.2) is 24.6 Å². The Morgan fingerprint density at radius 3 is 3.00 bits per heavy atom. The van der Waals surface area contributed by atoms with E-state index in [0.29, 0.717) is 0 Å². The molecule has 0 aliphatic carbocycles. The fourth-order valence-electron chi connectivity index (χ4n) is 1.16. The number of aryl methyl sites for hydroxylation is 1. The third kappa shape index (κ3) is 3.60. The highest BCUT2D eigenvalue weighted by atomic mass is 32.1. The van der Waals surface area contributed by atoms with Crippen molar-refractivity contribution in [1.82, 2.24) is 10.3 Å². The number of ether oxygens (including phenoxy) is 1. The number of amides is 1. The van der Waals surface area contributed by atoms with Gasteiger partial charge < -0.3 is 10.1 Å². The van der Waals surface area contributed by atoms with Gasteiger partial charge >= 0.3 is 0 Å². The number of hydrogen-bond acceptors (Lipinski definition) is 4. The lowest BCUT2D eigenvalue weighted by Gasteiger charge is -2.10. The summed E-state index contributed by atoms with van der Waals surface area (Å²) in [5.74, 6) is -0.113. The molecule has 0 aliphatic rings. The van der Waals surface area contributed by atoms with Crippen LogP contribution in [0, 0.1) is 0 Å². The fourth-order valence-corrected chi connectivity index (χ4v) is 2.02. The number of hydrogen-bond donors (Lipinski definition) is 1. The maximum atomic E-state index is 11.2. The minimum absolute atomic E-state index is 0.0436. The van der Waals surface area contributed by atoms with Crippen LogP contribution in [0.5, 0.6) is 0 Å². The van der Waals surface area contributed by atoms with E-state index in [9.17, 15) is 4.79 Å². The summed E-state index contributed by atoms with van der Waals surface area (Å²) in [6.07, 6.45) is 2.84. The molecule has 0 aliphatic heterocycles. The highest BCUT2D eigenvalue weighted by Gasteiger charge is 2.12. The van der Waals surface area contributed by atoms with Crippen LogP contribution in [0.15, 0.2) is 6.20 Å². The van der Waals surface area contributed by atoms with Crippen molar-refractivity contribution in [3.05, 3.63) is 16.1 Å². The molecule has 0 saturated heterocycles. The number of thiazole rings is 1. The van der Waals surface area contributed by atoms with E-state index in [1.807, 2.05) is 13.1 Å². The Morgan fingerprint density at radius 1 is 1.73 bits per heavy atom. The summed E-state index contributed by atoms with van der Waals surface area (Å²) in [5, 5.41) is 3.76. The summed E-state index contributed by atoms with van der Waals surface area (Å²) < 4.78 is 4.74. The Hall–Kier alpha value is -0.940. The molecule has 84 valence electrons. The molecule has 5 heteroatoms. The number of rotatable bonds is 5. The van der Waals surface area contributed by atoms with E-state index < -0.39 is 0 Å². The molecule has 1 aromatic heterocycles. The Labute approximate surface area is 93.7 Å². The van der Waals surface area contributed by atoms with Crippen LogP contribution < -0.4 is 5.32 Å². The first-order chi connectivity index (χ1) is 7.17. The molecule has 1 unspecified atom stereocenters. The van der Waals surface area contributed by atoms with E-state index in [-0.39, 0.29) is 18.6 Å². The Morgan fingerprint density at radius 2 is 2.47 bits per heavy atom. The first kappa shape index (κ1) is 12.1. The zero-order chi connectivity index (χ0) is 11.3. The van der Waals surface area contributed by atoms with E-state index in [4.69, 9.17) is 4.74 Å².